The van der Waals surface area contributed by atoms with Crippen LogP contribution >= 0.6 is 0 Å². The summed E-state index contributed by atoms with van der Waals surface area (Å²) in [5.74, 6) is -0.453. The summed E-state index contributed by atoms with van der Waals surface area (Å²) < 4.78 is 38.7. The van der Waals surface area contributed by atoms with E-state index >= 15 is 0 Å². The molecule has 1 aromatic carbocycles. The topological polar surface area (TPSA) is 57.8 Å². The van der Waals surface area contributed by atoms with Gasteiger partial charge in [-0.1, -0.05) is 36.8 Å². The average molecular weight is 337 g/mol. The van der Waals surface area contributed by atoms with Crippen molar-refractivity contribution in [2.24, 2.45) is 0 Å². The van der Waals surface area contributed by atoms with E-state index in [2.05, 4.69) is 15.5 Å². The minimum Gasteiger partial charge on any atom is -0.352 e. The van der Waals surface area contributed by atoms with Crippen molar-refractivity contribution < 1.29 is 18.0 Å². The van der Waals surface area contributed by atoms with Gasteiger partial charge in [-0.2, -0.15) is 18.3 Å². The summed E-state index contributed by atoms with van der Waals surface area (Å²) in [6.45, 7) is 0. The predicted molar refractivity (Wildman–Crippen MR) is 82.3 cm³/mol. The van der Waals surface area contributed by atoms with E-state index in [9.17, 15) is 18.0 Å². The summed E-state index contributed by atoms with van der Waals surface area (Å²) in [5, 5.41) is 8.89. The molecule has 2 aromatic rings. The average Bonchev–Trinajstić information content (AvgIpc) is 2.93. The van der Waals surface area contributed by atoms with Crippen molar-refractivity contribution in [2.75, 3.05) is 0 Å². The molecular formula is C17H18F3N3O. The van der Waals surface area contributed by atoms with Crippen molar-refractivity contribution in [2.45, 2.75) is 43.8 Å². The van der Waals surface area contributed by atoms with Gasteiger partial charge in [0.1, 0.15) is 0 Å². The van der Waals surface area contributed by atoms with E-state index in [1.807, 2.05) is 30.3 Å². The van der Waals surface area contributed by atoms with Crippen molar-refractivity contribution in [3.63, 3.8) is 0 Å². The summed E-state index contributed by atoms with van der Waals surface area (Å²) >= 11 is 0. The molecule has 1 aromatic heterocycles. The standard InChI is InChI=1S/C17H18F3N3O/c18-17(19,20)14-10-13(22-23-14)16(11-6-2-1-3-7-11)12-8-4-5-9-15(24)21-12/h1-3,6-7,10,12,16H,4-5,8-9H2,(H,21,24)(H,22,23). The maximum atomic E-state index is 12.9. The lowest BCUT2D eigenvalue weighted by Crippen LogP contribution is -2.38. The Bertz CT molecular complexity index is 697. The molecule has 4 nitrogen and oxygen atoms in total. The number of carbonyl (C=O) groups excluding carboxylic acids is 1. The number of halogens is 3. The second-order valence-corrected chi connectivity index (χ2v) is 6.01. The van der Waals surface area contributed by atoms with Gasteiger partial charge in [0.05, 0.1) is 0 Å². The third-order valence-electron chi connectivity index (χ3n) is 4.30. The third-order valence-corrected chi connectivity index (χ3v) is 4.30. The Morgan fingerprint density at radius 2 is 1.92 bits per heavy atom. The number of alkyl halides is 3. The molecule has 128 valence electrons. The Hall–Kier alpha value is -2.31. The van der Waals surface area contributed by atoms with Gasteiger partial charge in [-0.15, -0.1) is 0 Å². The van der Waals surface area contributed by atoms with Crippen molar-refractivity contribution in [3.05, 3.63) is 53.3 Å². The van der Waals surface area contributed by atoms with E-state index in [1.54, 1.807) is 0 Å². The van der Waals surface area contributed by atoms with Crippen LogP contribution in [0.15, 0.2) is 36.4 Å². The number of carbonyl (C=O) groups is 1. The van der Waals surface area contributed by atoms with Gasteiger partial charge in [-0.05, 0) is 24.5 Å². The highest BCUT2D eigenvalue weighted by atomic mass is 19.4. The normalized spacial score (nSPS) is 20.3. The van der Waals surface area contributed by atoms with Gasteiger partial charge in [0.25, 0.3) is 0 Å². The number of rotatable bonds is 3. The molecule has 0 spiro atoms. The van der Waals surface area contributed by atoms with Gasteiger partial charge >= 0.3 is 6.18 Å². The first-order valence-electron chi connectivity index (χ1n) is 7.92. The number of aromatic amines is 1. The van der Waals surface area contributed by atoms with Crippen LogP contribution in [-0.2, 0) is 11.0 Å². The highest BCUT2D eigenvalue weighted by molar-refractivity contribution is 5.76. The first-order valence-corrected chi connectivity index (χ1v) is 7.92. The zero-order chi connectivity index (χ0) is 17.2. The summed E-state index contributed by atoms with van der Waals surface area (Å²) in [4.78, 5) is 11.9. The van der Waals surface area contributed by atoms with Crippen LogP contribution in [0.3, 0.4) is 0 Å². The fourth-order valence-corrected chi connectivity index (χ4v) is 3.18. The maximum Gasteiger partial charge on any atom is 0.435 e. The molecule has 2 unspecified atom stereocenters. The summed E-state index contributed by atoms with van der Waals surface area (Å²) in [5.41, 5.74) is 0.265. The molecule has 1 aliphatic rings. The Morgan fingerprint density at radius 3 is 2.58 bits per heavy atom. The number of H-pyrrole nitrogens is 1. The van der Waals surface area contributed by atoms with Crippen LogP contribution in [0.5, 0.6) is 0 Å². The molecule has 2 N–H and O–H groups in total. The lowest BCUT2D eigenvalue weighted by atomic mass is 9.86. The van der Waals surface area contributed by atoms with E-state index in [4.69, 9.17) is 0 Å². The smallest absolute Gasteiger partial charge is 0.352 e. The van der Waals surface area contributed by atoms with Crippen molar-refractivity contribution in [1.29, 1.82) is 0 Å². The van der Waals surface area contributed by atoms with E-state index < -0.39 is 17.8 Å². The van der Waals surface area contributed by atoms with Crippen LogP contribution in [0.25, 0.3) is 0 Å². The molecule has 0 radical (unpaired) electrons. The Kier molecular flexibility index (Phi) is 4.59. The Morgan fingerprint density at radius 1 is 1.17 bits per heavy atom. The van der Waals surface area contributed by atoms with Gasteiger partial charge in [-0.3, -0.25) is 9.89 Å². The molecule has 7 heteroatoms. The number of amides is 1. The molecule has 1 aliphatic heterocycles. The molecule has 1 fully saturated rings. The van der Waals surface area contributed by atoms with Crippen LogP contribution < -0.4 is 5.32 Å². The van der Waals surface area contributed by atoms with Gasteiger partial charge < -0.3 is 5.32 Å². The largest absolute Gasteiger partial charge is 0.435 e. The SMILES string of the molecule is O=C1CCCCC(C(c2ccccc2)c2cc(C(F)(F)F)n[nH]2)N1. The van der Waals surface area contributed by atoms with Crippen molar-refractivity contribution >= 4 is 5.91 Å². The van der Waals surface area contributed by atoms with Crippen LogP contribution in [0.2, 0.25) is 0 Å². The van der Waals surface area contributed by atoms with Crippen molar-refractivity contribution in [1.82, 2.24) is 15.5 Å². The zero-order valence-electron chi connectivity index (χ0n) is 12.9. The van der Waals surface area contributed by atoms with Crippen LogP contribution in [0.4, 0.5) is 13.2 Å². The number of nitrogens with zero attached hydrogens (tertiary/aromatic N) is 1. The molecule has 2 atom stereocenters. The van der Waals surface area contributed by atoms with E-state index in [0.29, 0.717) is 18.5 Å². The molecular weight excluding hydrogens is 319 g/mol. The second kappa shape index (κ2) is 6.67. The highest BCUT2D eigenvalue weighted by Crippen LogP contribution is 2.34. The molecule has 0 saturated carbocycles. The van der Waals surface area contributed by atoms with Crippen LogP contribution in [-0.4, -0.2) is 22.1 Å². The second-order valence-electron chi connectivity index (χ2n) is 6.01. The molecule has 3 rings (SSSR count). The quantitative estimate of drug-likeness (QED) is 0.899. The molecule has 1 amide bonds. The number of hydrogen-bond acceptors (Lipinski definition) is 2. The van der Waals surface area contributed by atoms with E-state index in [-0.39, 0.29) is 11.9 Å². The first kappa shape index (κ1) is 16.5. The van der Waals surface area contributed by atoms with Crippen LogP contribution in [0, 0.1) is 0 Å². The zero-order valence-corrected chi connectivity index (χ0v) is 12.9. The van der Waals surface area contributed by atoms with Gasteiger partial charge in [-0.25, -0.2) is 0 Å². The van der Waals surface area contributed by atoms with Crippen LogP contribution in [0.1, 0.15) is 48.6 Å². The van der Waals surface area contributed by atoms with E-state index in [0.717, 1.165) is 24.5 Å². The lowest BCUT2D eigenvalue weighted by Gasteiger charge is -2.26. The molecule has 24 heavy (non-hydrogen) atoms. The Labute approximate surface area is 137 Å². The molecule has 0 bridgehead atoms. The summed E-state index contributed by atoms with van der Waals surface area (Å²) in [7, 11) is 0. The molecule has 2 heterocycles. The minimum absolute atomic E-state index is 0.0611. The number of hydrogen-bond donors (Lipinski definition) is 2. The minimum atomic E-state index is -4.50. The fraction of sp³-hybridized carbons (Fsp3) is 0.412. The van der Waals surface area contributed by atoms with Gasteiger partial charge in [0.15, 0.2) is 5.69 Å². The molecule has 0 aliphatic carbocycles. The summed E-state index contributed by atoms with van der Waals surface area (Å²) in [6, 6.07) is 10.0. The number of benzene rings is 1. The third kappa shape index (κ3) is 3.60. The number of nitrogens with one attached hydrogen (secondary N) is 2. The maximum absolute atomic E-state index is 12.9. The van der Waals surface area contributed by atoms with E-state index in [1.165, 1.54) is 0 Å². The summed E-state index contributed by atoms with van der Waals surface area (Å²) in [6.07, 6.45) is -1.68. The molecule has 1 saturated heterocycles. The lowest BCUT2D eigenvalue weighted by molar-refractivity contribution is -0.141. The fourth-order valence-electron chi connectivity index (χ4n) is 3.18. The van der Waals surface area contributed by atoms with Gasteiger partial charge in [0.2, 0.25) is 5.91 Å². The Balaban J connectivity index is 1.99. The number of aromatic nitrogens is 2. The monoisotopic (exact) mass is 337 g/mol. The van der Waals surface area contributed by atoms with Crippen molar-refractivity contribution in [3.8, 4) is 0 Å². The predicted octanol–water partition coefficient (Wildman–Crippen LogP) is 3.62. The van der Waals surface area contributed by atoms with Gasteiger partial charge in [0, 0.05) is 24.1 Å². The highest BCUT2D eigenvalue weighted by Gasteiger charge is 2.36. The first-order chi connectivity index (χ1) is 11.4.